The summed E-state index contributed by atoms with van der Waals surface area (Å²) in [6.45, 7) is 0.785. The molecule has 0 amide bonds. The smallest absolute Gasteiger partial charge is 0.281 e. The highest BCUT2D eigenvalue weighted by atomic mass is 32.2. The van der Waals surface area contributed by atoms with Crippen molar-refractivity contribution in [3.63, 3.8) is 0 Å². The van der Waals surface area contributed by atoms with Crippen LogP contribution in [-0.4, -0.2) is 41.9 Å². The third-order valence-electron chi connectivity index (χ3n) is 2.50. The predicted molar refractivity (Wildman–Crippen MR) is 51.2 cm³/mol. The quantitative estimate of drug-likeness (QED) is 0.545. The van der Waals surface area contributed by atoms with E-state index >= 15 is 0 Å². The lowest BCUT2D eigenvalue weighted by Crippen LogP contribution is -2.68. The number of rotatable bonds is 7. The SMILES string of the molecule is CCCC(F)(F)C(F)(F)C(F)(F)C(F)(F)C(F)(F)S(=O)(=O)O. The fraction of sp³-hybridized carbons (Fsp3) is 1.00. The summed E-state index contributed by atoms with van der Waals surface area (Å²) in [7, 11) is -7.30. The molecule has 0 saturated carbocycles. The highest BCUT2D eigenvalue weighted by molar-refractivity contribution is 7.87. The summed E-state index contributed by atoms with van der Waals surface area (Å²) in [5.74, 6) is -27.9. The molecule has 3 nitrogen and oxygen atoms in total. The normalized spacial score (nSPS) is 16.0. The second-order valence-corrected chi connectivity index (χ2v) is 5.63. The van der Waals surface area contributed by atoms with Gasteiger partial charge in [0, 0.05) is 6.42 Å². The summed E-state index contributed by atoms with van der Waals surface area (Å²) in [4.78, 5) is 0. The Kier molecular flexibility index (Phi) is 5.19. The van der Waals surface area contributed by atoms with Gasteiger partial charge in [0.2, 0.25) is 0 Å². The molecule has 0 spiro atoms. The highest BCUT2D eigenvalue weighted by Crippen LogP contribution is 2.58. The second-order valence-electron chi connectivity index (χ2n) is 4.17. The minimum absolute atomic E-state index is 0.785. The summed E-state index contributed by atoms with van der Waals surface area (Å²) >= 11 is 0. The van der Waals surface area contributed by atoms with Crippen molar-refractivity contribution in [3.05, 3.63) is 0 Å². The lowest BCUT2D eigenvalue weighted by atomic mass is 9.96. The van der Waals surface area contributed by atoms with Gasteiger partial charge in [0.15, 0.2) is 0 Å². The van der Waals surface area contributed by atoms with Gasteiger partial charge in [0.1, 0.15) is 0 Å². The average molecular weight is 374 g/mol. The van der Waals surface area contributed by atoms with E-state index < -0.39 is 51.9 Å². The molecule has 1 N–H and O–H groups in total. The maximum Gasteiger partial charge on any atom is 0.438 e. The van der Waals surface area contributed by atoms with Crippen molar-refractivity contribution in [1.29, 1.82) is 0 Å². The van der Waals surface area contributed by atoms with Crippen LogP contribution in [0.5, 0.6) is 0 Å². The van der Waals surface area contributed by atoms with E-state index in [2.05, 4.69) is 0 Å². The van der Waals surface area contributed by atoms with Gasteiger partial charge in [-0.15, -0.1) is 0 Å². The van der Waals surface area contributed by atoms with E-state index in [4.69, 9.17) is 4.55 Å². The Morgan fingerprint density at radius 2 is 1.14 bits per heavy atom. The molecular formula is C8H8F10O3S. The van der Waals surface area contributed by atoms with Gasteiger partial charge in [-0.3, -0.25) is 4.55 Å². The van der Waals surface area contributed by atoms with E-state index in [9.17, 15) is 52.3 Å². The molecule has 0 aliphatic heterocycles. The number of hydrogen-bond acceptors (Lipinski definition) is 2. The minimum atomic E-state index is -7.52. The van der Waals surface area contributed by atoms with Crippen molar-refractivity contribution in [3.8, 4) is 0 Å². The lowest BCUT2D eigenvalue weighted by molar-refractivity contribution is -0.390. The van der Waals surface area contributed by atoms with E-state index in [1.807, 2.05) is 0 Å². The van der Waals surface area contributed by atoms with Crippen LogP contribution in [0.15, 0.2) is 0 Å². The van der Waals surface area contributed by atoms with Crippen LogP contribution in [0.4, 0.5) is 43.9 Å². The van der Waals surface area contributed by atoms with E-state index in [1.165, 1.54) is 0 Å². The first kappa shape index (κ1) is 21.2. The summed E-state index contributed by atoms with van der Waals surface area (Å²) in [5.41, 5.74) is 0. The summed E-state index contributed by atoms with van der Waals surface area (Å²) < 4.78 is 157. The van der Waals surface area contributed by atoms with Gasteiger partial charge in [-0.1, -0.05) is 13.3 Å². The zero-order valence-corrected chi connectivity index (χ0v) is 11.2. The molecule has 0 rings (SSSR count). The molecule has 0 aromatic carbocycles. The van der Waals surface area contributed by atoms with Crippen molar-refractivity contribution >= 4 is 10.1 Å². The lowest BCUT2D eigenvalue weighted by Gasteiger charge is -2.38. The van der Waals surface area contributed by atoms with Crippen molar-refractivity contribution < 1.29 is 56.9 Å². The van der Waals surface area contributed by atoms with Crippen LogP contribution >= 0.6 is 0 Å². The van der Waals surface area contributed by atoms with Crippen LogP contribution < -0.4 is 0 Å². The topological polar surface area (TPSA) is 54.4 Å². The first-order valence-electron chi connectivity index (χ1n) is 5.17. The van der Waals surface area contributed by atoms with E-state index in [-0.39, 0.29) is 0 Å². The Morgan fingerprint density at radius 1 is 0.773 bits per heavy atom. The Bertz CT molecular complexity index is 512. The standard InChI is InChI=1S/C8H8F10O3S/c1-2-3-4(9,10)5(11,12)6(13,14)7(15,16)8(17,18)22(19,20)21/h2-3H2,1H3,(H,19,20,21). The van der Waals surface area contributed by atoms with Gasteiger partial charge in [0.25, 0.3) is 0 Å². The Morgan fingerprint density at radius 3 is 1.41 bits per heavy atom. The van der Waals surface area contributed by atoms with Crippen LogP contribution in [0.3, 0.4) is 0 Å². The Balaban J connectivity index is 6.23. The molecule has 0 atom stereocenters. The molecule has 0 aromatic rings. The third-order valence-corrected chi connectivity index (χ3v) is 3.41. The molecule has 0 unspecified atom stereocenters. The number of alkyl halides is 10. The van der Waals surface area contributed by atoms with Gasteiger partial charge in [-0.25, -0.2) is 0 Å². The van der Waals surface area contributed by atoms with Crippen LogP contribution in [-0.2, 0) is 10.1 Å². The van der Waals surface area contributed by atoms with Gasteiger partial charge >= 0.3 is 39.1 Å². The Hall–Kier alpha value is -0.790. The van der Waals surface area contributed by atoms with Crippen molar-refractivity contribution in [2.24, 2.45) is 0 Å². The van der Waals surface area contributed by atoms with Gasteiger partial charge in [0.05, 0.1) is 0 Å². The van der Waals surface area contributed by atoms with Crippen molar-refractivity contribution in [2.45, 2.75) is 48.7 Å². The fourth-order valence-electron chi connectivity index (χ4n) is 1.24. The molecule has 0 aliphatic carbocycles. The maximum atomic E-state index is 13.0. The molecule has 14 heteroatoms. The van der Waals surface area contributed by atoms with Crippen molar-refractivity contribution in [2.75, 3.05) is 0 Å². The maximum absolute atomic E-state index is 13.0. The molecule has 0 aliphatic rings. The molecule has 0 saturated heterocycles. The number of hydrogen-bond donors (Lipinski definition) is 1. The van der Waals surface area contributed by atoms with Crippen LogP contribution in [0.1, 0.15) is 19.8 Å². The molecule has 0 bridgehead atoms. The first-order chi connectivity index (χ1) is 9.31. The average Bonchev–Trinajstić information content (AvgIpc) is 2.26. The van der Waals surface area contributed by atoms with E-state index in [0.717, 1.165) is 6.92 Å². The minimum Gasteiger partial charge on any atom is -0.281 e. The predicted octanol–water partition coefficient (Wildman–Crippen LogP) is 3.81. The molecular weight excluding hydrogens is 366 g/mol. The molecule has 134 valence electrons. The third kappa shape index (κ3) is 2.74. The van der Waals surface area contributed by atoms with Crippen molar-refractivity contribution in [1.82, 2.24) is 0 Å². The summed E-state index contributed by atoms with van der Waals surface area (Å²) in [6, 6.07) is 0. The molecule has 0 aromatic heterocycles. The largest absolute Gasteiger partial charge is 0.438 e. The van der Waals surface area contributed by atoms with E-state index in [1.54, 1.807) is 0 Å². The molecule has 22 heavy (non-hydrogen) atoms. The van der Waals surface area contributed by atoms with Gasteiger partial charge in [-0.2, -0.15) is 52.3 Å². The van der Waals surface area contributed by atoms with Crippen LogP contribution in [0.25, 0.3) is 0 Å². The van der Waals surface area contributed by atoms with Gasteiger partial charge in [-0.05, 0) is 0 Å². The van der Waals surface area contributed by atoms with E-state index in [0.29, 0.717) is 0 Å². The molecule has 0 heterocycles. The zero-order chi connectivity index (χ0) is 18.4. The Labute approximate surface area is 117 Å². The molecule has 0 radical (unpaired) electrons. The number of halogens is 10. The van der Waals surface area contributed by atoms with Crippen LogP contribution in [0.2, 0.25) is 0 Å². The fourth-order valence-corrected chi connectivity index (χ4v) is 1.69. The van der Waals surface area contributed by atoms with Crippen LogP contribution in [0, 0.1) is 0 Å². The van der Waals surface area contributed by atoms with Gasteiger partial charge < -0.3 is 0 Å². The first-order valence-corrected chi connectivity index (χ1v) is 6.61. The zero-order valence-electron chi connectivity index (χ0n) is 10.4. The summed E-state index contributed by atoms with van der Waals surface area (Å²) in [5, 5.41) is -7.13. The monoisotopic (exact) mass is 374 g/mol. The highest BCUT2D eigenvalue weighted by Gasteiger charge is 2.88. The summed E-state index contributed by atoms with van der Waals surface area (Å²) in [6.07, 6.45) is -2.97. The molecule has 0 fully saturated rings. The second kappa shape index (κ2) is 5.39.